The lowest BCUT2D eigenvalue weighted by Crippen LogP contribution is -2.41. The standard InChI is InChI=1S/C20H23N5O4S2/c1-14-18(19(27)22-13-31(28)29)23-20(30-14)25(16-7-5-15(11-21)6-8-16)12-17(26)24-9-3-2-4-10-24/h5-8,31H,2-4,9-10,12-13H2,1H3,(H,22,27). The normalized spacial score (nSPS) is 13.6. The van der Waals surface area contributed by atoms with Crippen LogP contribution in [-0.4, -0.2) is 55.6 Å². The van der Waals surface area contributed by atoms with E-state index in [2.05, 4.69) is 16.4 Å². The van der Waals surface area contributed by atoms with Crippen molar-refractivity contribution < 1.29 is 18.0 Å². The highest BCUT2D eigenvalue weighted by Gasteiger charge is 2.25. The molecule has 2 heterocycles. The van der Waals surface area contributed by atoms with Crippen LogP contribution >= 0.6 is 11.3 Å². The highest BCUT2D eigenvalue weighted by Crippen LogP contribution is 2.32. The average molecular weight is 462 g/mol. The molecule has 2 aromatic rings. The number of piperidine rings is 1. The first-order chi connectivity index (χ1) is 14.9. The molecule has 0 atom stereocenters. The van der Waals surface area contributed by atoms with Gasteiger partial charge in [0.15, 0.2) is 15.8 Å². The van der Waals surface area contributed by atoms with Crippen LogP contribution in [0.15, 0.2) is 24.3 Å². The Bertz CT molecular complexity index is 1060. The van der Waals surface area contributed by atoms with Gasteiger partial charge < -0.3 is 15.1 Å². The molecule has 1 saturated heterocycles. The largest absolute Gasteiger partial charge is 0.341 e. The lowest BCUT2D eigenvalue weighted by atomic mass is 10.1. The zero-order valence-corrected chi connectivity index (χ0v) is 18.7. The van der Waals surface area contributed by atoms with Crippen molar-refractivity contribution >= 4 is 44.7 Å². The summed E-state index contributed by atoms with van der Waals surface area (Å²) in [5.74, 6) is -1.08. The summed E-state index contributed by atoms with van der Waals surface area (Å²) in [7, 11) is -2.74. The first-order valence-corrected chi connectivity index (χ1v) is 12.0. The van der Waals surface area contributed by atoms with Gasteiger partial charge in [-0.1, -0.05) is 0 Å². The second-order valence-corrected chi connectivity index (χ2v) is 9.25. The number of carbonyl (C=O) groups excluding carboxylic acids is 2. The molecule has 9 nitrogen and oxygen atoms in total. The van der Waals surface area contributed by atoms with E-state index < -0.39 is 22.5 Å². The summed E-state index contributed by atoms with van der Waals surface area (Å²) >= 11 is 1.25. The van der Waals surface area contributed by atoms with Gasteiger partial charge in [-0.2, -0.15) is 5.26 Å². The number of hydrogen-bond donors (Lipinski definition) is 2. The molecule has 1 aliphatic heterocycles. The molecule has 0 aliphatic carbocycles. The first kappa shape index (κ1) is 22.7. The number of aryl methyl sites for hydroxylation is 1. The molecule has 164 valence electrons. The monoisotopic (exact) mass is 461 g/mol. The van der Waals surface area contributed by atoms with Crippen molar-refractivity contribution in [2.75, 3.05) is 30.4 Å². The fourth-order valence-electron chi connectivity index (χ4n) is 3.29. The minimum absolute atomic E-state index is 0.0359. The van der Waals surface area contributed by atoms with E-state index in [1.807, 2.05) is 4.90 Å². The molecule has 1 fully saturated rings. The Morgan fingerprint density at radius 3 is 2.52 bits per heavy atom. The van der Waals surface area contributed by atoms with Crippen molar-refractivity contribution in [3.8, 4) is 6.07 Å². The number of anilines is 2. The number of carbonyl (C=O) groups is 2. The third-order valence-corrected chi connectivity index (χ3v) is 6.32. The Morgan fingerprint density at radius 1 is 1.23 bits per heavy atom. The van der Waals surface area contributed by atoms with Crippen molar-refractivity contribution in [1.29, 1.82) is 5.26 Å². The van der Waals surface area contributed by atoms with Crippen LogP contribution in [0.3, 0.4) is 0 Å². The van der Waals surface area contributed by atoms with Gasteiger partial charge in [-0.05, 0) is 50.5 Å². The second kappa shape index (κ2) is 10.4. The smallest absolute Gasteiger partial charge is 0.271 e. The quantitative estimate of drug-likeness (QED) is 0.602. The highest BCUT2D eigenvalue weighted by molar-refractivity contribution is 7.72. The SMILES string of the molecule is Cc1sc(N(CC(=O)N2CCCCC2)c2ccc(C#N)cc2)nc1C(=O)NC[SH](=O)=O. The van der Waals surface area contributed by atoms with Crippen molar-refractivity contribution in [2.24, 2.45) is 0 Å². The maximum atomic E-state index is 12.9. The number of amides is 2. The van der Waals surface area contributed by atoms with Gasteiger partial charge in [0.05, 0.1) is 11.6 Å². The summed E-state index contributed by atoms with van der Waals surface area (Å²) in [6.45, 7) is 3.21. The van der Waals surface area contributed by atoms with Crippen molar-refractivity contribution in [3.05, 3.63) is 40.4 Å². The molecule has 0 bridgehead atoms. The number of nitriles is 1. The van der Waals surface area contributed by atoms with E-state index in [1.54, 1.807) is 36.1 Å². The molecule has 1 aromatic heterocycles. The van der Waals surface area contributed by atoms with E-state index in [9.17, 15) is 18.0 Å². The molecule has 1 aromatic carbocycles. The molecular formula is C20H23N5O4S2. The van der Waals surface area contributed by atoms with Crippen LogP contribution in [0, 0.1) is 18.3 Å². The van der Waals surface area contributed by atoms with Gasteiger partial charge in [-0.3, -0.25) is 9.59 Å². The van der Waals surface area contributed by atoms with Crippen molar-refractivity contribution in [1.82, 2.24) is 15.2 Å². The zero-order chi connectivity index (χ0) is 22.4. The van der Waals surface area contributed by atoms with Crippen molar-refractivity contribution in [2.45, 2.75) is 26.2 Å². The van der Waals surface area contributed by atoms with Crippen LogP contribution < -0.4 is 10.2 Å². The van der Waals surface area contributed by atoms with Gasteiger partial charge in [0.2, 0.25) is 5.91 Å². The van der Waals surface area contributed by atoms with Gasteiger partial charge in [-0.15, -0.1) is 11.3 Å². The van der Waals surface area contributed by atoms with Crippen LogP contribution in [-0.2, 0) is 15.5 Å². The van der Waals surface area contributed by atoms with Gasteiger partial charge in [0, 0.05) is 23.7 Å². The van der Waals surface area contributed by atoms with E-state index in [0.717, 1.165) is 32.4 Å². The first-order valence-electron chi connectivity index (χ1n) is 9.82. The number of thiol groups is 1. The van der Waals surface area contributed by atoms with Crippen LogP contribution in [0.1, 0.15) is 40.2 Å². The third kappa shape index (κ3) is 5.80. The number of hydrogen-bond acceptors (Lipinski definition) is 8. The van der Waals surface area contributed by atoms with Gasteiger partial charge in [-0.25, -0.2) is 13.4 Å². The van der Waals surface area contributed by atoms with Crippen LogP contribution in [0.4, 0.5) is 10.8 Å². The average Bonchev–Trinajstić information content (AvgIpc) is 3.17. The molecule has 0 radical (unpaired) electrons. The number of nitrogens with zero attached hydrogens (tertiary/aromatic N) is 4. The summed E-state index contributed by atoms with van der Waals surface area (Å²) in [4.78, 5) is 33.8. The molecule has 3 rings (SSSR count). The molecular weight excluding hydrogens is 438 g/mol. The Kier molecular flexibility index (Phi) is 7.59. The van der Waals surface area contributed by atoms with E-state index >= 15 is 0 Å². The third-order valence-electron chi connectivity index (χ3n) is 4.91. The summed E-state index contributed by atoms with van der Waals surface area (Å²) in [5.41, 5.74) is 1.29. The topological polar surface area (TPSA) is 123 Å². The van der Waals surface area contributed by atoms with E-state index in [0.29, 0.717) is 21.3 Å². The maximum absolute atomic E-state index is 12.9. The number of thiazole rings is 1. The number of benzene rings is 1. The van der Waals surface area contributed by atoms with Crippen molar-refractivity contribution in [3.63, 3.8) is 0 Å². The summed E-state index contributed by atoms with van der Waals surface area (Å²) < 4.78 is 21.5. The van der Waals surface area contributed by atoms with Crippen LogP contribution in [0.2, 0.25) is 0 Å². The van der Waals surface area contributed by atoms with Crippen LogP contribution in [0.25, 0.3) is 0 Å². The zero-order valence-electron chi connectivity index (χ0n) is 17.0. The van der Waals surface area contributed by atoms with Gasteiger partial charge >= 0.3 is 0 Å². The van der Waals surface area contributed by atoms with Gasteiger partial charge in [0.25, 0.3) is 5.91 Å². The number of nitrogens with one attached hydrogen (secondary N) is 1. The van der Waals surface area contributed by atoms with E-state index in [4.69, 9.17) is 5.26 Å². The Hall–Kier alpha value is -2.97. The minimum Gasteiger partial charge on any atom is -0.341 e. The fourth-order valence-corrected chi connectivity index (χ4v) is 4.49. The number of likely N-dealkylation sites (tertiary alicyclic amines) is 1. The molecule has 11 heteroatoms. The lowest BCUT2D eigenvalue weighted by molar-refractivity contribution is -0.130. The Balaban J connectivity index is 1.90. The fraction of sp³-hybridized carbons (Fsp3) is 0.400. The van der Waals surface area contributed by atoms with E-state index in [-0.39, 0.29) is 18.1 Å². The van der Waals surface area contributed by atoms with Gasteiger partial charge in [0.1, 0.15) is 18.1 Å². The highest BCUT2D eigenvalue weighted by atomic mass is 32.2. The summed E-state index contributed by atoms with van der Waals surface area (Å²) in [5, 5.41) is 11.8. The number of rotatable bonds is 7. The number of aromatic nitrogens is 1. The maximum Gasteiger partial charge on any atom is 0.271 e. The molecule has 2 amide bonds. The van der Waals surface area contributed by atoms with E-state index in [1.165, 1.54) is 11.3 Å². The summed E-state index contributed by atoms with van der Waals surface area (Å²) in [6.07, 6.45) is 3.07. The van der Waals surface area contributed by atoms with Crippen LogP contribution in [0.5, 0.6) is 0 Å². The molecule has 31 heavy (non-hydrogen) atoms. The summed E-state index contributed by atoms with van der Waals surface area (Å²) in [6, 6.07) is 8.86. The Labute approximate surface area is 186 Å². The minimum atomic E-state index is -2.74. The molecule has 0 spiro atoms. The lowest BCUT2D eigenvalue weighted by Gasteiger charge is -2.30. The molecule has 1 aliphatic rings. The predicted octanol–water partition coefficient (Wildman–Crippen LogP) is 1.77. The second-order valence-electron chi connectivity index (χ2n) is 7.08. The predicted molar refractivity (Wildman–Crippen MR) is 118 cm³/mol. The Morgan fingerprint density at radius 2 is 1.90 bits per heavy atom. The molecule has 0 saturated carbocycles. The molecule has 0 unspecified atom stereocenters. The molecule has 1 N–H and O–H groups in total.